The maximum atomic E-state index is 10.5. The fraction of sp³-hybridized carbons (Fsp3) is 0.833. The molecule has 1 radical (unpaired) electrons. The fourth-order valence-corrected chi connectivity index (χ4v) is 1.93. The van der Waals surface area contributed by atoms with Crippen molar-refractivity contribution < 1.29 is 9.53 Å². The van der Waals surface area contributed by atoms with Crippen molar-refractivity contribution in [2.45, 2.75) is 23.2 Å². The first-order chi connectivity index (χ1) is 4.16. The predicted molar refractivity (Wildman–Crippen MR) is 38.9 cm³/mol. The second kappa shape index (κ2) is 4.85. The quantitative estimate of drug-likeness (QED) is 0.495. The average Bonchev–Trinajstić information content (AvgIpc) is 1.83. The van der Waals surface area contributed by atoms with Gasteiger partial charge in [0.15, 0.2) is 0 Å². The molecular weight excluding hydrogens is 177 g/mol. The van der Waals surface area contributed by atoms with Gasteiger partial charge in [-0.25, -0.2) is 0 Å². The summed E-state index contributed by atoms with van der Waals surface area (Å²) in [6, 6.07) is 0. The van der Waals surface area contributed by atoms with Crippen LogP contribution in [0.3, 0.4) is 0 Å². The van der Waals surface area contributed by atoms with Gasteiger partial charge in [-0.2, -0.15) is 0 Å². The zero-order valence-electron chi connectivity index (χ0n) is 6.23. The van der Waals surface area contributed by atoms with E-state index in [1.807, 2.05) is 0 Å². The normalized spacial score (nSPS) is 9.78. The van der Waals surface area contributed by atoms with Gasteiger partial charge in [0.2, 0.25) is 0 Å². The van der Waals surface area contributed by atoms with Crippen LogP contribution in [-0.2, 0) is 9.53 Å². The molecule has 53 valence electrons. The zero-order valence-corrected chi connectivity index (χ0v) is 8.33. The van der Waals surface area contributed by atoms with Crippen molar-refractivity contribution in [2.24, 2.45) is 0 Å². The summed E-state index contributed by atoms with van der Waals surface area (Å²) in [6.07, 6.45) is 0.624. The molecular formula is C6H13GeO2. The van der Waals surface area contributed by atoms with Crippen molar-refractivity contribution in [2.75, 3.05) is 7.11 Å². The Labute approximate surface area is 60.7 Å². The van der Waals surface area contributed by atoms with Gasteiger partial charge in [0.1, 0.15) is 0 Å². The molecule has 0 amide bonds. The number of carbonyl (C=O) groups excluding carboxylic acids is 1. The van der Waals surface area contributed by atoms with Crippen molar-refractivity contribution in [1.29, 1.82) is 0 Å². The molecule has 0 aliphatic heterocycles. The Morgan fingerprint density at radius 1 is 1.56 bits per heavy atom. The van der Waals surface area contributed by atoms with Gasteiger partial charge in [0, 0.05) is 0 Å². The molecule has 0 aliphatic rings. The molecule has 0 saturated heterocycles. The Hall–Kier alpha value is 0.0129. The number of ether oxygens (including phenoxy) is 1. The van der Waals surface area contributed by atoms with Crippen LogP contribution in [0.5, 0.6) is 0 Å². The van der Waals surface area contributed by atoms with E-state index in [1.54, 1.807) is 0 Å². The zero-order chi connectivity index (χ0) is 7.28. The van der Waals surface area contributed by atoms with Gasteiger partial charge in [-0.05, 0) is 0 Å². The van der Waals surface area contributed by atoms with Crippen LogP contribution in [0.1, 0.15) is 6.42 Å². The molecule has 9 heavy (non-hydrogen) atoms. The average molecular weight is 190 g/mol. The summed E-state index contributed by atoms with van der Waals surface area (Å²) in [4.78, 5) is 10.5. The summed E-state index contributed by atoms with van der Waals surface area (Å²) in [5.74, 6) is 4.44. The van der Waals surface area contributed by atoms with Crippen molar-refractivity contribution in [3.05, 3.63) is 0 Å². The van der Waals surface area contributed by atoms with Gasteiger partial charge in [-0.3, -0.25) is 0 Å². The third-order valence-corrected chi connectivity index (χ3v) is 3.68. The third kappa shape index (κ3) is 5.89. The van der Waals surface area contributed by atoms with Gasteiger partial charge < -0.3 is 0 Å². The Bertz CT molecular complexity index is 91.1. The van der Waals surface area contributed by atoms with Gasteiger partial charge in [-0.15, -0.1) is 0 Å². The summed E-state index contributed by atoms with van der Waals surface area (Å²) in [5.41, 5.74) is 0. The monoisotopic (exact) mass is 191 g/mol. The summed E-state index contributed by atoms with van der Waals surface area (Å²) in [7, 11) is 1.44. The second-order valence-corrected chi connectivity index (χ2v) is 8.40. The Kier molecular flexibility index (Phi) is 4.86. The van der Waals surface area contributed by atoms with E-state index in [9.17, 15) is 4.79 Å². The number of rotatable bonds is 3. The molecule has 2 nitrogen and oxygen atoms in total. The summed E-state index contributed by atoms with van der Waals surface area (Å²) >= 11 is -0.767. The predicted octanol–water partition coefficient (Wildman–Crippen LogP) is 1.30. The molecule has 0 N–H and O–H groups in total. The number of hydrogen-bond acceptors (Lipinski definition) is 2. The first-order valence-electron chi connectivity index (χ1n) is 3.02. The van der Waals surface area contributed by atoms with E-state index in [0.29, 0.717) is 6.42 Å². The molecule has 3 heteroatoms. The van der Waals surface area contributed by atoms with E-state index in [-0.39, 0.29) is 5.97 Å². The van der Waals surface area contributed by atoms with E-state index >= 15 is 0 Å². The maximum absolute atomic E-state index is 10.5. The van der Waals surface area contributed by atoms with Crippen molar-refractivity contribution in [1.82, 2.24) is 0 Å². The van der Waals surface area contributed by atoms with Gasteiger partial charge in [0.25, 0.3) is 0 Å². The summed E-state index contributed by atoms with van der Waals surface area (Å²) in [5, 5.41) is 1.09. The molecule has 0 fully saturated rings. The van der Waals surface area contributed by atoms with Crippen LogP contribution in [0, 0.1) is 0 Å². The Morgan fingerprint density at radius 2 is 2.11 bits per heavy atom. The molecule has 0 saturated carbocycles. The number of esters is 1. The van der Waals surface area contributed by atoms with Crippen LogP contribution >= 0.6 is 0 Å². The minimum atomic E-state index is -0.767. The molecule has 0 atom stereocenters. The van der Waals surface area contributed by atoms with E-state index in [1.165, 1.54) is 7.11 Å². The van der Waals surface area contributed by atoms with Crippen LogP contribution in [0.2, 0.25) is 16.8 Å². The van der Waals surface area contributed by atoms with Crippen LogP contribution in [0.4, 0.5) is 0 Å². The number of methoxy groups -OCH3 is 1. The molecule has 0 aromatic rings. The van der Waals surface area contributed by atoms with E-state index in [4.69, 9.17) is 0 Å². The van der Waals surface area contributed by atoms with Gasteiger partial charge in [0.05, 0.1) is 0 Å². The van der Waals surface area contributed by atoms with Crippen molar-refractivity contribution in [3.8, 4) is 0 Å². The topological polar surface area (TPSA) is 26.3 Å². The molecule has 0 heterocycles. The third-order valence-electron chi connectivity index (χ3n) is 1.06. The minimum absolute atomic E-state index is 0.0660. The molecule has 0 aromatic carbocycles. The van der Waals surface area contributed by atoms with E-state index in [0.717, 1.165) is 5.25 Å². The van der Waals surface area contributed by atoms with E-state index in [2.05, 4.69) is 16.2 Å². The SMILES string of the molecule is COC(=O)C[CH2][Ge]([CH3])[CH3]. The standard InChI is InChI=1S/C6H13GeO2/c1-7(2)5-4-6(8)9-3/h4-5H2,1-3H3. The summed E-state index contributed by atoms with van der Waals surface area (Å²) < 4.78 is 4.49. The first kappa shape index (κ1) is 9.01. The molecule has 0 aromatic heterocycles. The molecule has 0 aliphatic carbocycles. The van der Waals surface area contributed by atoms with E-state index < -0.39 is 14.3 Å². The molecule has 0 bridgehead atoms. The fourth-order valence-electron chi connectivity index (χ4n) is 0.454. The second-order valence-electron chi connectivity index (χ2n) is 2.28. The first-order valence-corrected chi connectivity index (χ1v) is 8.70. The van der Waals surface area contributed by atoms with Crippen LogP contribution < -0.4 is 0 Å². The number of carbonyl (C=O) groups is 1. The van der Waals surface area contributed by atoms with Crippen LogP contribution in [0.15, 0.2) is 0 Å². The van der Waals surface area contributed by atoms with Crippen molar-refractivity contribution >= 4 is 20.3 Å². The number of hydrogen-bond donors (Lipinski definition) is 0. The van der Waals surface area contributed by atoms with Gasteiger partial charge >= 0.3 is 60.1 Å². The molecule has 0 rings (SSSR count). The Morgan fingerprint density at radius 3 is 2.44 bits per heavy atom. The molecule has 0 unspecified atom stereocenters. The van der Waals surface area contributed by atoms with Crippen molar-refractivity contribution in [3.63, 3.8) is 0 Å². The summed E-state index contributed by atoms with van der Waals surface area (Å²) in [6.45, 7) is 0. The van der Waals surface area contributed by atoms with Crippen LogP contribution in [0.25, 0.3) is 0 Å². The van der Waals surface area contributed by atoms with Crippen LogP contribution in [-0.4, -0.2) is 27.4 Å². The molecule has 0 spiro atoms. The Balaban J connectivity index is 3.17. The van der Waals surface area contributed by atoms with Gasteiger partial charge in [-0.1, -0.05) is 0 Å².